The molecule has 4 aromatic rings. The van der Waals surface area contributed by atoms with Gasteiger partial charge in [-0.15, -0.1) is 0 Å². The molecule has 1 saturated heterocycles. The Morgan fingerprint density at radius 1 is 1.09 bits per heavy atom. The van der Waals surface area contributed by atoms with Gasteiger partial charge in [-0.2, -0.15) is 5.10 Å². The SMILES string of the molecule is CC(C)Oc1ccc(-c2nn(-c3ccccc3)cc2C=C2SC(=S)N(Cc3ccco3)C2=O)cc1. The van der Waals surface area contributed by atoms with Gasteiger partial charge in [-0.05, 0) is 68.5 Å². The third-order valence-electron chi connectivity index (χ3n) is 5.32. The molecule has 35 heavy (non-hydrogen) atoms. The van der Waals surface area contributed by atoms with Gasteiger partial charge in [0.05, 0.1) is 35.2 Å². The standard InChI is InChI=1S/C27H23N3O3S2/c1-18(2)33-22-12-10-19(11-13-22)25-20(16-30(28-25)21-7-4-3-5-8-21)15-24-26(31)29(27(34)35-24)17-23-9-6-14-32-23/h3-16,18H,17H2,1-2H3. The number of thioether (sulfide) groups is 1. The van der Waals surface area contributed by atoms with Crippen LogP contribution in [0, 0.1) is 0 Å². The molecule has 3 heterocycles. The van der Waals surface area contributed by atoms with E-state index < -0.39 is 0 Å². The maximum Gasteiger partial charge on any atom is 0.266 e. The molecule has 0 atom stereocenters. The van der Waals surface area contributed by atoms with E-state index in [0.29, 0.717) is 21.5 Å². The number of para-hydroxylation sites is 1. The minimum absolute atomic E-state index is 0.0943. The lowest BCUT2D eigenvalue weighted by molar-refractivity contribution is -0.122. The highest BCUT2D eigenvalue weighted by Crippen LogP contribution is 2.36. The molecule has 0 radical (unpaired) electrons. The van der Waals surface area contributed by atoms with Crippen LogP contribution in [0.2, 0.25) is 0 Å². The molecule has 0 bridgehead atoms. The van der Waals surface area contributed by atoms with Gasteiger partial charge in [0.1, 0.15) is 15.8 Å². The first-order valence-corrected chi connectivity index (χ1v) is 12.4. The van der Waals surface area contributed by atoms with Crippen molar-refractivity contribution in [3.63, 3.8) is 0 Å². The van der Waals surface area contributed by atoms with E-state index in [2.05, 4.69) is 0 Å². The normalized spacial score (nSPS) is 14.9. The second kappa shape index (κ2) is 9.93. The van der Waals surface area contributed by atoms with Gasteiger partial charge in [-0.25, -0.2) is 4.68 Å². The van der Waals surface area contributed by atoms with Crippen LogP contribution in [-0.2, 0) is 11.3 Å². The topological polar surface area (TPSA) is 60.5 Å². The molecule has 1 aliphatic heterocycles. The molecule has 0 aliphatic carbocycles. The fraction of sp³-hybridized carbons (Fsp3) is 0.148. The molecule has 6 nitrogen and oxygen atoms in total. The lowest BCUT2D eigenvalue weighted by Gasteiger charge is -2.12. The minimum Gasteiger partial charge on any atom is -0.491 e. The van der Waals surface area contributed by atoms with Gasteiger partial charge in [0.15, 0.2) is 0 Å². The number of furan rings is 1. The van der Waals surface area contributed by atoms with Gasteiger partial charge in [0, 0.05) is 17.3 Å². The number of hydrogen-bond acceptors (Lipinski definition) is 6. The van der Waals surface area contributed by atoms with Crippen molar-refractivity contribution in [1.82, 2.24) is 14.7 Å². The smallest absolute Gasteiger partial charge is 0.266 e. The number of benzene rings is 2. The van der Waals surface area contributed by atoms with Gasteiger partial charge in [-0.1, -0.05) is 42.2 Å². The maximum atomic E-state index is 13.2. The molecule has 1 amide bonds. The van der Waals surface area contributed by atoms with Crippen molar-refractivity contribution in [2.75, 3.05) is 0 Å². The van der Waals surface area contributed by atoms with Crippen LogP contribution in [0.5, 0.6) is 5.75 Å². The Hall–Kier alpha value is -3.62. The summed E-state index contributed by atoms with van der Waals surface area (Å²) in [6.45, 7) is 4.30. The van der Waals surface area contributed by atoms with Crippen molar-refractivity contribution >= 4 is 40.3 Å². The van der Waals surface area contributed by atoms with E-state index in [-0.39, 0.29) is 12.0 Å². The number of aromatic nitrogens is 2. The molecule has 0 spiro atoms. The number of rotatable bonds is 7. The largest absolute Gasteiger partial charge is 0.491 e. The predicted molar refractivity (Wildman–Crippen MR) is 142 cm³/mol. The van der Waals surface area contributed by atoms with Crippen LogP contribution in [-0.4, -0.2) is 31.0 Å². The number of hydrogen-bond donors (Lipinski definition) is 0. The average Bonchev–Trinajstić information content (AvgIpc) is 3.57. The molecule has 0 N–H and O–H groups in total. The summed E-state index contributed by atoms with van der Waals surface area (Å²) in [5.74, 6) is 1.34. The summed E-state index contributed by atoms with van der Waals surface area (Å²) < 4.78 is 13.5. The highest BCUT2D eigenvalue weighted by molar-refractivity contribution is 8.26. The summed E-state index contributed by atoms with van der Waals surface area (Å²) in [5, 5.41) is 4.86. The van der Waals surface area contributed by atoms with E-state index in [9.17, 15) is 4.79 Å². The number of carbonyl (C=O) groups excluding carboxylic acids is 1. The minimum atomic E-state index is -0.143. The van der Waals surface area contributed by atoms with E-state index in [4.69, 9.17) is 26.5 Å². The van der Waals surface area contributed by atoms with Gasteiger partial charge in [-0.3, -0.25) is 9.69 Å². The van der Waals surface area contributed by atoms with Crippen LogP contribution >= 0.6 is 24.0 Å². The first kappa shape index (κ1) is 23.1. The molecule has 2 aromatic heterocycles. The average molecular weight is 502 g/mol. The fourth-order valence-corrected chi connectivity index (χ4v) is 4.98. The van der Waals surface area contributed by atoms with Crippen LogP contribution in [0.15, 0.2) is 88.5 Å². The van der Waals surface area contributed by atoms with Gasteiger partial charge < -0.3 is 9.15 Å². The number of nitrogens with zero attached hydrogens (tertiary/aromatic N) is 3. The molecule has 0 saturated carbocycles. The van der Waals surface area contributed by atoms with Crippen molar-refractivity contribution < 1.29 is 13.9 Å². The Bertz CT molecular complexity index is 1380. The van der Waals surface area contributed by atoms with Crippen LogP contribution in [0.25, 0.3) is 23.0 Å². The predicted octanol–water partition coefficient (Wildman–Crippen LogP) is 6.32. The number of carbonyl (C=O) groups is 1. The Balaban J connectivity index is 1.51. The molecule has 0 unspecified atom stereocenters. The first-order valence-electron chi connectivity index (χ1n) is 11.2. The number of amides is 1. The lowest BCUT2D eigenvalue weighted by Crippen LogP contribution is -2.27. The van der Waals surface area contributed by atoms with E-state index in [1.54, 1.807) is 17.2 Å². The third-order valence-corrected chi connectivity index (χ3v) is 6.69. The van der Waals surface area contributed by atoms with E-state index in [1.807, 2.05) is 91.5 Å². The van der Waals surface area contributed by atoms with E-state index in [1.165, 1.54) is 11.8 Å². The third kappa shape index (κ3) is 5.08. The Morgan fingerprint density at radius 2 is 1.86 bits per heavy atom. The molecule has 1 aliphatic rings. The highest BCUT2D eigenvalue weighted by atomic mass is 32.2. The quantitative estimate of drug-likeness (QED) is 0.218. The molecule has 176 valence electrons. The Labute approximate surface area is 213 Å². The first-order chi connectivity index (χ1) is 17.0. The summed E-state index contributed by atoms with van der Waals surface area (Å²) in [6, 6.07) is 21.3. The highest BCUT2D eigenvalue weighted by Gasteiger charge is 2.33. The molecular formula is C27H23N3O3S2. The van der Waals surface area contributed by atoms with Crippen LogP contribution in [0.4, 0.5) is 0 Å². The zero-order chi connectivity index (χ0) is 24.4. The summed E-state index contributed by atoms with van der Waals surface area (Å²) in [6.07, 6.45) is 5.48. The Kier molecular flexibility index (Phi) is 6.57. The zero-order valence-corrected chi connectivity index (χ0v) is 20.9. The molecule has 2 aromatic carbocycles. The van der Waals surface area contributed by atoms with Gasteiger partial charge >= 0.3 is 0 Å². The van der Waals surface area contributed by atoms with Crippen molar-refractivity contribution in [2.45, 2.75) is 26.5 Å². The number of ether oxygens (including phenoxy) is 1. The molecule has 8 heteroatoms. The molecule has 1 fully saturated rings. The Morgan fingerprint density at radius 3 is 2.54 bits per heavy atom. The summed E-state index contributed by atoms with van der Waals surface area (Å²) in [5.41, 5.74) is 3.44. The van der Waals surface area contributed by atoms with E-state index >= 15 is 0 Å². The summed E-state index contributed by atoms with van der Waals surface area (Å²) in [7, 11) is 0. The van der Waals surface area contributed by atoms with Crippen molar-refractivity contribution in [1.29, 1.82) is 0 Å². The van der Waals surface area contributed by atoms with Crippen molar-refractivity contribution in [3.05, 3.63) is 95.4 Å². The molecular weight excluding hydrogens is 478 g/mol. The van der Waals surface area contributed by atoms with Gasteiger partial charge in [0.2, 0.25) is 0 Å². The maximum absolute atomic E-state index is 13.2. The second-order valence-corrected chi connectivity index (χ2v) is 9.93. The van der Waals surface area contributed by atoms with Crippen molar-refractivity contribution in [2.24, 2.45) is 0 Å². The summed E-state index contributed by atoms with van der Waals surface area (Å²) in [4.78, 5) is 15.3. The fourth-order valence-electron chi connectivity index (χ4n) is 3.73. The lowest BCUT2D eigenvalue weighted by atomic mass is 10.1. The molecule has 5 rings (SSSR count). The van der Waals surface area contributed by atoms with Gasteiger partial charge in [0.25, 0.3) is 5.91 Å². The number of thiocarbonyl (C=S) groups is 1. The monoisotopic (exact) mass is 501 g/mol. The van der Waals surface area contributed by atoms with Crippen LogP contribution < -0.4 is 4.74 Å². The second-order valence-electron chi connectivity index (χ2n) is 8.25. The summed E-state index contributed by atoms with van der Waals surface area (Å²) >= 11 is 6.78. The van der Waals surface area contributed by atoms with Crippen molar-refractivity contribution in [3.8, 4) is 22.7 Å². The zero-order valence-electron chi connectivity index (χ0n) is 19.3. The van der Waals surface area contributed by atoms with Crippen LogP contribution in [0.1, 0.15) is 25.2 Å². The van der Waals surface area contributed by atoms with E-state index in [0.717, 1.165) is 28.3 Å². The van der Waals surface area contributed by atoms with Crippen LogP contribution in [0.3, 0.4) is 0 Å².